The van der Waals surface area contributed by atoms with Gasteiger partial charge in [0.1, 0.15) is 0 Å². The molecule has 58 heavy (non-hydrogen) atoms. The second-order valence-electron chi connectivity index (χ2n) is 14.9. The van der Waals surface area contributed by atoms with Gasteiger partial charge in [0.25, 0.3) is 0 Å². The summed E-state index contributed by atoms with van der Waals surface area (Å²) in [5.41, 5.74) is 0. The van der Waals surface area contributed by atoms with Crippen LogP contribution >= 0.6 is 0 Å². The molecule has 2 aliphatic rings. The minimum absolute atomic E-state index is 0.819. The number of fused-ring (bicyclic) bond motifs is 1. The zero-order valence-electron chi connectivity index (χ0n) is 32.1. The van der Waals surface area contributed by atoms with Gasteiger partial charge in [-0.1, -0.05) is 110 Å². The number of hydrogen-bond acceptors (Lipinski definition) is 3. The van der Waals surface area contributed by atoms with Crippen molar-refractivity contribution in [2.75, 3.05) is 19.6 Å². The van der Waals surface area contributed by atoms with Gasteiger partial charge >= 0.3 is 57.1 Å². The third-order valence-electron chi connectivity index (χ3n) is 10.4. The van der Waals surface area contributed by atoms with E-state index in [0.29, 0.717) is 0 Å². The normalized spacial score (nSPS) is 19.5. The summed E-state index contributed by atoms with van der Waals surface area (Å²) in [5.74, 6) is -49.6. The van der Waals surface area contributed by atoms with Crippen LogP contribution in [-0.2, 0) is 10.1 Å². The third-order valence-corrected chi connectivity index (χ3v) is 11.3. The molecule has 0 aromatic carbocycles. The van der Waals surface area contributed by atoms with Gasteiger partial charge < -0.3 is 0 Å². The minimum Gasteiger partial charge on any atom is -0.290 e. The van der Waals surface area contributed by atoms with Gasteiger partial charge in [-0.25, -0.2) is 4.99 Å². The predicted molar refractivity (Wildman–Crippen MR) is 181 cm³/mol. The molecule has 2 aliphatic heterocycles. The Kier molecular flexibility index (Phi) is 20.6. The number of nitrogens with one attached hydrogen (secondary N) is 1. The Hall–Kier alpha value is -1.65. The number of halogens is 17. The van der Waals surface area contributed by atoms with Gasteiger partial charge in [-0.3, -0.25) is 9.45 Å². The fourth-order valence-electron chi connectivity index (χ4n) is 6.80. The van der Waals surface area contributed by atoms with E-state index in [0.717, 1.165) is 12.5 Å². The number of amidine groups is 1. The standard InChI is InChI=1S/C27H52N2.C8HF17O3S/c1-2-3-4-5-6-7-8-9-10-11-12-13-14-15-16-17-21-26-22-18-19-24-29-25-20-23-28-27(26)29;9-1(10,3(13,14)5(17,18)7(21,22)23)2(11,12)4(15,16)6(19,20)8(24,25)29(26,27)28/h26H,2-25H2,1H3;(H,26,27,28)/p+1. The molecule has 0 amide bonds. The first-order valence-electron chi connectivity index (χ1n) is 19.5. The summed E-state index contributed by atoms with van der Waals surface area (Å²) < 4.78 is 242. The van der Waals surface area contributed by atoms with E-state index in [9.17, 15) is 83.1 Å². The Morgan fingerprint density at radius 2 is 0.897 bits per heavy atom. The van der Waals surface area contributed by atoms with E-state index in [4.69, 9.17) is 9.55 Å². The van der Waals surface area contributed by atoms with Crippen LogP contribution < -0.4 is 4.90 Å². The lowest BCUT2D eigenvalue weighted by Gasteiger charge is -2.42. The number of aliphatic imine (C=N–C) groups is 1. The van der Waals surface area contributed by atoms with Crippen molar-refractivity contribution in [3.8, 4) is 0 Å². The number of unbranched alkanes of at least 4 members (excludes halogenated alkanes) is 15. The monoisotopic (exact) mass is 905 g/mol. The van der Waals surface area contributed by atoms with Gasteiger partial charge in [0, 0.05) is 13.0 Å². The maximum atomic E-state index is 13.0. The van der Waals surface area contributed by atoms with Crippen molar-refractivity contribution in [3.05, 3.63) is 0 Å². The molecule has 0 aromatic heterocycles. The van der Waals surface area contributed by atoms with Crippen LogP contribution in [-0.4, -0.2) is 85.4 Å². The maximum absolute atomic E-state index is 13.0. The highest BCUT2D eigenvalue weighted by atomic mass is 32.2. The van der Waals surface area contributed by atoms with Crippen LogP contribution in [0.4, 0.5) is 74.6 Å². The van der Waals surface area contributed by atoms with Crippen molar-refractivity contribution < 1.29 is 92.5 Å². The zero-order valence-corrected chi connectivity index (χ0v) is 32.9. The molecule has 1 fully saturated rings. The summed E-state index contributed by atoms with van der Waals surface area (Å²) in [5, 5.41) is -7.84. The first-order valence-corrected chi connectivity index (χ1v) is 20.9. The maximum Gasteiger partial charge on any atom is 0.460 e. The molecule has 2 atom stereocenters. The average Bonchev–Trinajstić information content (AvgIpc) is 3.32. The molecular weight excluding hydrogens is 851 g/mol. The largest absolute Gasteiger partial charge is 0.460 e. The van der Waals surface area contributed by atoms with Crippen molar-refractivity contribution >= 4 is 16.0 Å². The molecular formula is C35H54F17N2O3S+. The van der Waals surface area contributed by atoms with E-state index >= 15 is 0 Å². The van der Waals surface area contributed by atoms with Crippen LogP contribution in [0.5, 0.6) is 0 Å². The second kappa shape index (κ2) is 21.9. The Labute approximate surface area is 327 Å². The van der Waals surface area contributed by atoms with Crippen LogP contribution in [0.25, 0.3) is 0 Å². The lowest BCUT2D eigenvalue weighted by Crippen LogP contribution is -3.15. The first-order chi connectivity index (χ1) is 26.4. The molecule has 2 heterocycles. The van der Waals surface area contributed by atoms with Crippen LogP contribution in [0, 0.1) is 5.92 Å². The Balaban J connectivity index is 0.000000580. The topological polar surface area (TPSA) is 71.2 Å². The van der Waals surface area contributed by atoms with Gasteiger partial charge in [0.2, 0.25) is 0 Å². The van der Waals surface area contributed by atoms with Crippen LogP contribution in [0.2, 0.25) is 0 Å². The summed E-state index contributed by atoms with van der Waals surface area (Å²) in [6.45, 7) is 6.12. The van der Waals surface area contributed by atoms with Crippen LogP contribution in [0.1, 0.15) is 142 Å². The van der Waals surface area contributed by atoms with E-state index in [-0.39, 0.29) is 0 Å². The summed E-state index contributed by atoms with van der Waals surface area (Å²) >= 11 is 0. The molecule has 0 radical (unpaired) electrons. The zero-order chi connectivity index (χ0) is 44.9. The summed E-state index contributed by atoms with van der Waals surface area (Å²) in [4.78, 5) is 6.71. The van der Waals surface area contributed by atoms with E-state index in [1.165, 1.54) is 148 Å². The highest BCUT2D eigenvalue weighted by molar-refractivity contribution is 7.87. The summed E-state index contributed by atoms with van der Waals surface area (Å²) in [7, 11) is -7.89. The van der Waals surface area contributed by atoms with Crippen LogP contribution in [0.15, 0.2) is 4.99 Å². The highest BCUT2D eigenvalue weighted by Gasteiger charge is 2.96. The van der Waals surface area contributed by atoms with Gasteiger partial charge in [-0.05, 0) is 25.7 Å². The van der Waals surface area contributed by atoms with Gasteiger partial charge in [-0.2, -0.15) is 83.1 Å². The molecule has 0 aromatic rings. The van der Waals surface area contributed by atoms with Crippen molar-refractivity contribution in [3.63, 3.8) is 0 Å². The molecule has 1 saturated heterocycles. The Morgan fingerprint density at radius 1 is 0.534 bits per heavy atom. The third kappa shape index (κ3) is 12.7. The SMILES string of the molecule is CCCCCCCCCCCCCCCCCCC1CCCC[NH+]2CCCN=C12.O=S(=O)(O)C(F)(F)C(F)(F)C(F)(F)C(F)(F)C(F)(F)C(F)(F)C(F)(F)C(F)(F)F. The number of quaternary nitrogens is 1. The van der Waals surface area contributed by atoms with Crippen molar-refractivity contribution in [2.45, 2.75) is 189 Å². The highest BCUT2D eigenvalue weighted by Crippen LogP contribution is 2.64. The Bertz CT molecular complexity index is 1360. The molecule has 2 rings (SSSR count). The van der Waals surface area contributed by atoms with E-state index in [2.05, 4.69) is 6.92 Å². The number of rotatable bonds is 24. The minimum atomic E-state index is -8.89. The summed E-state index contributed by atoms with van der Waals surface area (Å²) in [6, 6.07) is 0. The van der Waals surface area contributed by atoms with E-state index < -0.39 is 57.1 Å². The molecule has 346 valence electrons. The molecule has 0 spiro atoms. The van der Waals surface area contributed by atoms with Crippen molar-refractivity contribution in [1.82, 2.24) is 0 Å². The summed E-state index contributed by atoms with van der Waals surface area (Å²) in [6.07, 6.45) is 22.6. The molecule has 2 unspecified atom stereocenters. The molecule has 0 saturated carbocycles. The Morgan fingerprint density at radius 3 is 1.29 bits per heavy atom. The van der Waals surface area contributed by atoms with Gasteiger partial charge in [-0.15, -0.1) is 0 Å². The fourth-order valence-corrected chi connectivity index (χ4v) is 7.25. The molecule has 2 N–H and O–H groups in total. The van der Waals surface area contributed by atoms with Gasteiger partial charge in [0.05, 0.1) is 19.0 Å². The molecule has 0 bridgehead atoms. The molecule has 23 heteroatoms. The smallest absolute Gasteiger partial charge is 0.290 e. The van der Waals surface area contributed by atoms with E-state index in [1.54, 1.807) is 10.7 Å². The quantitative estimate of drug-likeness (QED) is 0.0576. The van der Waals surface area contributed by atoms with Crippen LogP contribution in [0.3, 0.4) is 0 Å². The van der Waals surface area contributed by atoms with Gasteiger partial charge in [0.15, 0.2) is 5.84 Å². The van der Waals surface area contributed by atoms with Crippen molar-refractivity contribution in [2.24, 2.45) is 10.9 Å². The second-order valence-corrected chi connectivity index (χ2v) is 16.4. The lowest BCUT2D eigenvalue weighted by molar-refractivity contribution is -0.810. The molecule has 0 aliphatic carbocycles. The number of alkyl halides is 17. The predicted octanol–water partition coefficient (Wildman–Crippen LogP) is 12.0. The number of hydrogen-bond donors (Lipinski definition) is 2. The van der Waals surface area contributed by atoms with E-state index in [1.807, 2.05) is 0 Å². The molecule has 5 nitrogen and oxygen atoms in total. The first kappa shape index (κ1) is 54.4. The van der Waals surface area contributed by atoms with Crippen molar-refractivity contribution in [1.29, 1.82) is 0 Å². The number of nitrogens with zero attached hydrogens (tertiary/aromatic N) is 1. The average molecular weight is 906 g/mol. The fraction of sp³-hybridized carbons (Fsp3) is 0.971. The lowest BCUT2D eigenvalue weighted by atomic mass is 9.91.